The van der Waals surface area contributed by atoms with E-state index in [1.165, 1.54) is 6.21 Å². The molecule has 0 aromatic heterocycles. The van der Waals surface area contributed by atoms with Crippen LogP contribution in [0.5, 0.6) is 0 Å². The molecule has 0 heterocycles. The van der Waals surface area contributed by atoms with Gasteiger partial charge in [-0.05, 0) is 13.8 Å². The summed E-state index contributed by atoms with van der Waals surface area (Å²) >= 11 is 0. The van der Waals surface area contributed by atoms with Crippen LogP contribution in [0, 0.1) is 0 Å². The largest absolute Gasteiger partial charge is 0.340 e. The summed E-state index contributed by atoms with van der Waals surface area (Å²) in [7, 11) is 0. The minimum absolute atomic E-state index is 0.269. The molecule has 2 amide bonds. The van der Waals surface area contributed by atoms with Crippen molar-refractivity contribution in [3.63, 3.8) is 0 Å². The summed E-state index contributed by atoms with van der Waals surface area (Å²) in [6, 6.07) is -0.269. The van der Waals surface area contributed by atoms with E-state index in [0.29, 0.717) is 6.54 Å². The number of carbonyl (C=O) groups is 1. The van der Waals surface area contributed by atoms with E-state index in [-0.39, 0.29) is 6.03 Å². The number of urea groups is 1. The highest BCUT2D eigenvalue weighted by molar-refractivity contribution is 5.82. The summed E-state index contributed by atoms with van der Waals surface area (Å²) in [6.07, 6.45) is 1.46. The number of hydrogen-bond donors (Lipinski definition) is 1. The first-order chi connectivity index (χ1) is 3.81. The molecule has 0 saturated carbocycles. The fraction of sp³-hybridized carbons (Fsp3) is 0.600. The van der Waals surface area contributed by atoms with Crippen LogP contribution in [0.25, 0.3) is 0 Å². The number of rotatable bonds is 1. The summed E-state index contributed by atoms with van der Waals surface area (Å²) in [5.74, 6) is 0. The molecule has 0 saturated heterocycles. The number of carbonyl (C=O) groups excluding carboxylic acids is 1. The minimum Gasteiger partial charge on any atom is -0.337 e. The zero-order chi connectivity index (χ0) is 6.41. The van der Waals surface area contributed by atoms with Gasteiger partial charge in [0.15, 0.2) is 0 Å². The third-order valence-electron chi connectivity index (χ3n) is 0.574. The van der Waals surface area contributed by atoms with Crippen molar-refractivity contribution in [2.75, 3.05) is 6.54 Å². The van der Waals surface area contributed by atoms with Gasteiger partial charge < -0.3 is 5.32 Å². The molecule has 0 unspecified atom stereocenters. The molecule has 0 aliphatic rings. The molecule has 0 spiro atoms. The zero-order valence-electron chi connectivity index (χ0n) is 5.14. The Labute approximate surface area is 48.8 Å². The molecule has 46 valence electrons. The maximum absolute atomic E-state index is 10.3. The van der Waals surface area contributed by atoms with Gasteiger partial charge in [0.2, 0.25) is 0 Å². The minimum atomic E-state index is -0.269. The van der Waals surface area contributed by atoms with E-state index in [1.807, 2.05) is 6.92 Å². The first-order valence-electron chi connectivity index (χ1n) is 2.57. The molecular weight excluding hydrogens is 104 g/mol. The number of nitrogens with zero attached hydrogens (tertiary/aromatic N) is 1. The standard InChI is InChI=1S/C5H10N2O/c1-3-6-5(8)7-4-2/h3H,4H2,1-2H3,(H,7,8). The molecule has 0 fully saturated rings. The summed E-state index contributed by atoms with van der Waals surface area (Å²) < 4.78 is 0. The normalized spacial score (nSPS) is 9.75. The Morgan fingerprint density at radius 2 is 2.50 bits per heavy atom. The molecule has 0 aliphatic carbocycles. The van der Waals surface area contributed by atoms with Crippen LogP contribution in [0.4, 0.5) is 4.79 Å². The van der Waals surface area contributed by atoms with Crippen LogP contribution in [0.3, 0.4) is 0 Å². The molecule has 8 heavy (non-hydrogen) atoms. The highest BCUT2D eigenvalue weighted by Crippen LogP contribution is 1.68. The quantitative estimate of drug-likeness (QED) is 0.503. The summed E-state index contributed by atoms with van der Waals surface area (Å²) in [6.45, 7) is 4.19. The molecule has 0 aliphatic heterocycles. The number of hydrogen-bond acceptors (Lipinski definition) is 1. The predicted octanol–water partition coefficient (Wildman–Crippen LogP) is 0.807. The van der Waals surface area contributed by atoms with Crippen molar-refractivity contribution in [3.05, 3.63) is 0 Å². The molecule has 3 heteroatoms. The van der Waals surface area contributed by atoms with Crippen molar-refractivity contribution in [3.8, 4) is 0 Å². The van der Waals surface area contributed by atoms with Gasteiger partial charge in [0.1, 0.15) is 0 Å². The van der Waals surface area contributed by atoms with Gasteiger partial charge in [-0.1, -0.05) is 0 Å². The van der Waals surface area contributed by atoms with Crippen LogP contribution in [0.2, 0.25) is 0 Å². The van der Waals surface area contributed by atoms with Crippen molar-refractivity contribution in [2.45, 2.75) is 13.8 Å². The van der Waals surface area contributed by atoms with Crippen LogP contribution in [-0.2, 0) is 0 Å². The van der Waals surface area contributed by atoms with E-state index in [1.54, 1.807) is 6.92 Å². The predicted molar refractivity (Wildman–Crippen MR) is 33.2 cm³/mol. The van der Waals surface area contributed by atoms with E-state index in [9.17, 15) is 4.79 Å². The van der Waals surface area contributed by atoms with Gasteiger partial charge in [-0.15, -0.1) is 0 Å². The first kappa shape index (κ1) is 7.14. The Morgan fingerprint density at radius 3 is 2.88 bits per heavy atom. The third-order valence-corrected chi connectivity index (χ3v) is 0.574. The summed E-state index contributed by atoms with van der Waals surface area (Å²) in [4.78, 5) is 13.8. The van der Waals surface area contributed by atoms with E-state index in [2.05, 4.69) is 10.3 Å². The molecule has 0 aromatic rings. The average molecular weight is 114 g/mol. The maximum atomic E-state index is 10.3. The van der Waals surface area contributed by atoms with Gasteiger partial charge in [0.25, 0.3) is 0 Å². The van der Waals surface area contributed by atoms with Crippen molar-refractivity contribution in [2.24, 2.45) is 4.99 Å². The zero-order valence-corrected chi connectivity index (χ0v) is 5.14. The van der Waals surface area contributed by atoms with Crippen molar-refractivity contribution >= 4 is 12.2 Å². The number of aliphatic imine (C=N–C) groups is 1. The SMILES string of the molecule is CC=NC(=O)NCC. The fourth-order valence-corrected chi connectivity index (χ4v) is 0.314. The van der Waals surface area contributed by atoms with E-state index < -0.39 is 0 Å². The molecule has 0 bridgehead atoms. The Morgan fingerprint density at radius 1 is 1.88 bits per heavy atom. The van der Waals surface area contributed by atoms with Crippen LogP contribution in [-0.4, -0.2) is 18.8 Å². The van der Waals surface area contributed by atoms with Crippen molar-refractivity contribution in [1.29, 1.82) is 0 Å². The Bertz CT molecular complexity index is 98.6. The lowest BCUT2D eigenvalue weighted by Crippen LogP contribution is -2.18. The van der Waals surface area contributed by atoms with Crippen molar-refractivity contribution < 1.29 is 4.79 Å². The average Bonchev–Trinajstić information content (AvgIpc) is 1.68. The van der Waals surface area contributed by atoms with Gasteiger partial charge >= 0.3 is 6.03 Å². The lowest BCUT2D eigenvalue weighted by atomic mass is 10.7. The molecule has 0 rings (SSSR count). The summed E-state index contributed by atoms with van der Waals surface area (Å²) in [5.41, 5.74) is 0. The van der Waals surface area contributed by atoms with Crippen LogP contribution in [0.15, 0.2) is 4.99 Å². The van der Waals surface area contributed by atoms with Gasteiger partial charge in [-0.25, -0.2) is 9.79 Å². The molecule has 0 atom stereocenters. The smallest absolute Gasteiger partial charge is 0.337 e. The highest BCUT2D eigenvalue weighted by atomic mass is 16.2. The molecule has 1 N–H and O–H groups in total. The Balaban J connectivity index is 3.33. The molecule has 0 radical (unpaired) electrons. The lowest BCUT2D eigenvalue weighted by molar-refractivity contribution is 0.250. The lowest BCUT2D eigenvalue weighted by Gasteiger charge is -1.90. The highest BCUT2D eigenvalue weighted by Gasteiger charge is 1.87. The summed E-state index contributed by atoms with van der Waals surface area (Å²) in [5, 5.41) is 2.51. The second-order valence-corrected chi connectivity index (χ2v) is 1.22. The van der Waals surface area contributed by atoms with Gasteiger partial charge in [0, 0.05) is 12.8 Å². The van der Waals surface area contributed by atoms with Gasteiger partial charge in [0.05, 0.1) is 0 Å². The van der Waals surface area contributed by atoms with E-state index in [4.69, 9.17) is 0 Å². The fourth-order valence-electron chi connectivity index (χ4n) is 0.314. The van der Waals surface area contributed by atoms with Gasteiger partial charge in [-0.3, -0.25) is 0 Å². The third kappa shape index (κ3) is 3.33. The topological polar surface area (TPSA) is 41.5 Å². The Hall–Kier alpha value is -0.860. The first-order valence-corrected chi connectivity index (χ1v) is 2.57. The number of nitrogens with one attached hydrogen (secondary N) is 1. The molecule has 0 aromatic carbocycles. The second-order valence-electron chi connectivity index (χ2n) is 1.22. The van der Waals surface area contributed by atoms with E-state index >= 15 is 0 Å². The van der Waals surface area contributed by atoms with E-state index in [0.717, 1.165) is 0 Å². The van der Waals surface area contributed by atoms with Crippen LogP contribution in [0.1, 0.15) is 13.8 Å². The maximum Gasteiger partial charge on any atom is 0.340 e. The second kappa shape index (κ2) is 4.30. The molecular formula is C5H10N2O. The number of amides is 2. The Kier molecular flexibility index (Phi) is 3.84. The van der Waals surface area contributed by atoms with Crippen LogP contribution >= 0.6 is 0 Å². The molecule has 3 nitrogen and oxygen atoms in total. The van der Waals surface area contributed by atoms with Gasteiger partial charge in [-0.2, -0.15) is 0 Å². The monoisotopic (exact) mass is 114 g/mol. The van der Waals surface area contributed by atoms with Crippen LogP contribution < -0.4 is 5.32 Å². The van der Waals surface area contributed by atoms with Crippen molar-refractivity contribution in [1.82, 2.24) is 5.32 Å².